The zero-order valence-corrected chi connectivity index (χ0v) is 10.8. The molecule has 1 aromatic heterocycles. The summed E-state index contributed by atoms with van der Waals surface area (Å²) in [5.74, 6) is -1.14. The highest BCUT2D eigenvalue weighted by atomic mass is 35.5. The van der Waals surface area contributed by atoms with E-state index >= 15 is 0 Å². The molecule has 0 bridgehead atoms. The number of nitriles is 1. The van der Waals surface area contributed by atoms with Crippen molar-refractivity contribution in [2.24, 2.45) is 0 Å². The molecule has 0 aliphatic rings. The molecular formula is C12H5ClF3N3O2. The Morgan fingerprint density at radius 1 is 1.38 bits per heavy atom. The standard InChI is InChI=1S/C12H5ClF3N3O2/c13-8-2-1-7(3-6(8)4-17)21-9-10(12(14,15)16)18-5-19-11(9)20/h1-3,5H,(H,18,19,20). The number of nitrogens with zero attached hydrogens (tertiary/aromatic N) is 2. The molecule has 2 rings (SSSR count). The summed E-state index contributed by atoms with van der Waals surface area (Å²) in [5.41, 5.74) is -2.55. The Bertz CT molecular complexity index is 781. The molecular weight excluding hydrogens is 311 g/mol. The van der Waals surface area contributed by atoms with Crippen LogP contribution in [0.25, 0.3) is 0 Å². The van der Waals surface area contributed by atoms with Gasteiger partial charge in [-0.15, -0.1) is 0 Å². The van der Waals surface area contributed by atoms with Gasteiger partial charge >= 0.3 is 6.18 Å². The summed E-state index contributed by atoms with van der Waals surface area (Å²) in [7, 11) is 0. The van der Waals surface area contributed by atoms with Crippen molar-refractivity contribution in [2.45, 2.75) is 6.18 Å². The predicted molar refractivity (Wildman–Crippen MR) is 66.1 cm³/mol. The Balaban J connectivity index is 2.50. The average Bonchev–Trinajstić information content (AvgIpc) is 2.41. The van der Waals surface area contributed by atoms with Crippen molar-refractivity contribution in [1.82, 2.24) is 9.97 Å². The minimum atomic E-state index is -4.85. The van der Waals surface area contributed by atoms with Gasteiger partial charge in [0.05, 0.1) is 16.9 Å². The monoisotopic (exact) mass is 315 g/mol. The number of halogens is 4. The third-order valence-corrected chi connectivity index (χ3v) is 2.69. The summed E-state index contributed by atoms with van der Waals surface area (Å²) < 4.78 is 43.2. The number of hydrogen-bond donors (Lipinski definition) is 1. The molecule has 0 saturated heterocycles. The van der Waals surface area contributed by atoms with Crippen LogP contribution in [0.2, 0.25) is 5.02 Å². The van der Waals surface area contributed by atoms with Gasteiger partial charge in [0.2, 0.25) is 5.75 Å². The van der Waals surface area contributed by atoms with Crippen LogP contribution in [0.1, 0.15) is 11.3 Å². The van der Waals surface area contributed by atoms with Crippen LogP contribution in [0.3, 0.4) is 0 Å². The molecule has 1 aromatic carbocycles. The van der Waals surface area contributed by atoms with E-state index in [0.717, 1.165) is 6.07 Å². The molecule has 108 valence electrons. The van der Waals surface area contributed by atoms with Crippen LogP contribution in [-0.2, 0) is 6.18 Å². The van der Waals surface area contributed by atoms with Crippen LogP contribution < -0.4 is 10.3 Å². The molecule has 0 aliphatic carbocycles. The van der Waals surface area contributed by atoms with Crippen molar-refractivity contribution in [2.75, 3.05) is 0 Å². The summed E-state index contributed by atoms with van der Waals surface area (Å²) in [5, 5.41) is 8.91. The van der Waals surface area contributed by atoms with Crippen molar-refractivity contribution in [1.29, 1.82) is 5.26 Å². The number of H-pyrrole nitrogens is 1. The van der Waals surface area contributed by atoms with Crippen molar-refractivity contribution >= 4 is 11.6 Å². The molecule has 1 N–H and O–H groups in total. The molecule has 0 saturated carbocycles. The maximum Gasteiger partial charge on any atom is 0.437 e. The van der Waals surface area contributed by atoms with Crippen molar-refractivity contribution in [3.05, 3.63) is 51.2 Å². The second kappa shape index (κ2) is 5.46. The Morgan fingerprint density at radius 2 is 2.10 bits per heavy atom. The highest BCUT2D eigenvalue weighted by Gasteiger charge is 2.38. The minimum absolute atomic E-state index is 0.00282. The molecule has 5 nitrogen and oxygen atoms in total. The summed E-state index contributed by atoms with van der Waals surface area (Å²) in [6, 6.07) is 5.37. The lowest BCUT2D eigenvalue weighted by Gasteiger charge is -2.11. The van der Waals surface area contributed by atoms with Crippen LogP contribution >= 0.6 is 11.6 Å². The quantitative estimate of drug-likeness (QED) is 0.923. The zero-order chi connectivity index (χ0) is 15.6. The number of benzene rings is 1. The Hall–Kier alpha value is -2.53. The number of aromatic amines is 1. The van der Waals surface area contributed by atoms with Gasteiger partial charge in [-0.1, -0.05) is 11.6 Å². The van der Waals surface area contributed by atoms with E-state index in [-0.39, 0.29) is 16.3 Å². The highest BCUT2D eigenvalue weighted by Crippen LogP contribution is 2.34. The van der Waals surface area contributed by atoms with Gasteiger partial charge in [0, 0.05) is 6.07 Å². The SMILES string of the molecule is N#Cc1cc(Oc2c(C(F)(F)F)nc[nH]c2=O)ccc1Cl. The van der Waals surface area contributed by atoms with Crippen LogP contribution in [0.4, 0.5) is 13.2 Å². The predicted octanol–water partition coefficient (Wildman–Crippen LogP) is 3.11. The fourth-order valence-corrected chi connectivity index (χ4v) is 1.61. The second-order valence-corrected chi connectivity index (χ2v) is 4.17. The molecule has 0 spiro atoms. The van der Waals surface area contributed by atoms with Gasteiger partial charge in [-0.25, -0.2) is 4.98 Å². The third-order valence-electron chi connectivity index (χ3n) is 2.36. The fraction of sp³-hybridized carbons (Fsp3) is 0.0833. The largest absolute Gasteiger partial charge is 0.449 e. The van der Waals surface area contributed by atoms with Gasteiger partial charge in [-0.05, 0) is 12.1 Å². The topological polar surface area (TPSA) is 78.8 Å². The summed E-state index contributed by atoms with van der Waals surface area (Å²) in [4.78, 5) is 16.6. The average molecular weight is 316 g/mol. The van der Waals surface area contributed by atoms with Crippen molar-refractivity contribution in [3.63, 3.8) is 0 Å². The highest BCUT2D eigenvalue weighted by molar-refractivity contribution is 6.31. The first-order chi connectivity index (χ1) is 9.82. The maximum absolute atomic E-state index is 12.8. The van der Waals surface area contributed by atoms with Gasteiger partial charge in [0.25, 0.3) is 5.56 Å². The number of alkyl halides is 3. The summed E-state index contributed by atoms with van der Waals surface area (Å²) >= 11 is 5.70. The summed E-state index contributed by atoms with van der Waals surface area (Å²) in [6.07, 6.45) is -4.23. The number of ether oxygens (including phenoxy) is 1. The van der Waals surface area contributed by atoms with E-state index < -0.39 is 23.2 Å². The van der Waals surface area contributed by atoms with Gasteiger partial charge in [0.15, 0.2) is 5.69 Å². The van der Waals surface area contributed by atoms with E-state index in [1.165, 1.54) is 12.1 Å². The molecule has 0 fully saturated rings. The van der Waals surface area contributed by atoms with Gasteiger partial charge in [0.1, 0.15) is 11.8 Å². The fourth-order valence-electron chi connectivity index (χ4n) is 1.46. The normalized spacial score (nSPS) is 11.0. The second-order valence-electron chi connectivity index (χ2n) is 3.76. The first-order valence-corrected chi connectivity index (χ1v) is 5.73. The molecule has 21 heavy (non-hydrogen) atoms. The first kappa shape index (κ1) is 14.9. The van der Waals surface area contributed by atoms with Crippen LogP contribution in [0, 0.1) is 11.3 Å². The van der Waals surface area contributed by atoms with Gasteiger partial charge in [-0.3, -0.25) is 4.79 Å². The molecule has 0 aliphatic heterocycles. The Morgan fingerprint density at radius 3 is 2.71 bits per heavy atom. The lowest BCUT2D eigenvalue weighted by molar-refractivity contribution is -0.142. The maximum atomic E-state index is 12.8. The Labute approximate surface area is 120 Å². The lowest BCUT2D eigenvalue weighted by atomic mass is 10.2. The van der Waals surface area contributed by atoms with Gasteiger partial charge in [-0.2, -0.15) is 18.4 Å². The molecule has 0 amide bonds. The smallest absolute Gasteiger partial charge is 0.437 e. The van der Waals surface area contributed by atoms with E-state index in [1.807, 2.05) is 4.98 Å². The van der Waals surface area contributed by atoms with Crippen LogP contribution in [0.5, 0.6) is 11.5 Å². The first-order valence-electron chi connectivity index (χ1n) is 5.35. The van der Waals surface area contributed by atoms with Crippen molar-refractivity contribution in [3.8, 4) is 17.6 Å². The van der Waals surface area contributed by atoms with E-state index in [2.05, 4.69) is 4.98 Å². The van der Waals surface area contributed by atoms with E-state index in [4.69, 9.17) is 21.6 Å². The number of rotatable bonds is 2. The summed E-state index contributed by atoms with van der Waals surface area (Å²) in [6.45, 7) is 0. The van der Waals surface area contributed by atoms with E-state index in [0.29, 0.717) is 6.33 Å². The molecule has 0 unspecified atom stereocenters. The van der Waals surface area contributed by atoms with Crippen molar-refractivity contribution < 1.29 is 17.9 Å². The molecule has 0 radical (unpaired) electrons. The third kappa shape index (κ3) is 3.14. The van der Waals surface area contributed by atoms with Gasteiger partial charge < -0.3 is 9.72 Å². The van der Waals surface area contributed by atoms with E-state index in [1.54, 1.807) is 6.07 Å². The van der Waals surface area contributed by atoms with E-state index in [9.17, 15) is 18.0 Å². The molecule has 1 heterocycles. The minimum Gasteiger partial charge on any atom is -0.449 e. The number of aromatic nitrogens is 2. The molecule has 2 aromatic rings. The number of hydrogen-bond acceptors (Lipinski definition) is 4. The lowest BCUT2D eigenvalue weighted by Crippen LogP contribution is -2.18. The number of nitrogens with one attached hydrogen (secondary N) is 1. The zero-order valence-electron chi connectivity index (χ0n) is 10.0. The molecule has 9 heteroatoms. The molecule has 0 atom stereocenters. The van der Waals surface area contributed by atoms with Crippen LogP contribution in [-0.4, -0.2) is 9.97 Å². The van der Waals surface area contributed by atoms with Crippen LogP contribution in [0.15, 0.2) is 29.3 Å². The Kier molecular flexibility index (Phi) is 3.86.